The number of aliphatic hydroxyl groups is 1. The van der Waals surface area contributed by atoms with Gasteiger partial charge in [0.25, 0.3) is 0 Å². The topological polar surface area (TPSA) is 49.3 Å². The maximum atomic E-state index is 11.6. The summed E-state index contributed by atoms with van der Waals surface area (Å²) in [5, 5.41) is 11.6. The van der Waals surface area contributed by atoms with E-state index in [1.165, 1.54) is 0 Å². The molecule has 0 fully saturated rings. The predicted molar refractivity (Wildman–Crippen MR) is 71.8 cm³/mol. The monoisotopic (exact) mass is 243 g/mol. The number of rotatable bonds is 8. The van der Waals surface area contributed by atoms with Crippen LogP contribution in [0.1, 0.15) is 59.8 Å². The third-order valence-electron chi connectivity index (χ3n) is 2.65. The fourth-order valence-corrected chi connectivity index (χ4v) is 2.15. The maximum absolute atomic E-state index is 11.6. The molecule has 102 valence electrons. The number of aliphatic hydroxyl groups excluding tert-OH is 1. The fraction of sp³-hybridized carbons (Fsp3) is 0.929. The van der Waals surface area contributed by atoms with Gasteiger partial charge in [0, 0.05) is 19.6 Å². The summed E-state index contributed by atoms with van der Waals surface area (Å²) in [6, 6.07) is 0. The standard InChI is InChI=1S/C14H29NO2/c1-12(11-14(2,3)4)10-13(17)15-8-6-5-7-9-16/h12,16H,5-11H2,1-4H3,(H,15,17). The number of carbonyl (C=O) groups excluding carboxylic acids is 1. The van der Waals surface area contributed by atoms with Crippen LogP contribution < -0.4 is 5.32 Å². The molecule has 2 N–H and O–H groups in total. The van der Waals surface area contributed by atoms with Crippen LogP contribution in [0.25, 0.3) is 0 Å². The quantitative estimate of drug-likeness (QED) is 0.644. The molecule has 0 radical (unpaired) electrons. The van der Waals surface area contributed by atoms with Crippen LogP contribution in [-0.2, 0) is 4.79 Å². The first-order chi connectivity index (χ1) is 7.85. The van der Waals surface area contributed by atoms with E-state index in [1.54, 1.807) is 0 Å². The molecule has 0 aliphatic rings. The van der Waals surface area contributed by atoms with E-state index < -0.39 is 0 Å². The van der Waals surface area contributed by atoms with Crippen LogP contribution in [-0.4, -0.2) is 24.2 Å². The molecule has 1 atom stereocenters. The van der Waals surface area contributed by atoms with Gasteiger partial charge in [-0.1, -0.05) is 27.7 Å². The summed E-state index contributed by atoms with van der Waals surface area (Å²) in [6.07, 6.45) is 4.47. The molecule has 0 rings (SSSR count). The largest absolute Gasteiger partial charge is 0.396 e. The van der Waals surface area contributed by atoms with Gasteiger partial charge in [0.1, 0.15) is 0 Å². The number of amides is 1. The Hall–Kier alpha value is -0.570. The second-order valence-electron chi connectivity index (χ2n) is 6.21. The summed E-state index contributed by atoms with van der Waals surface area (Å²) in [5.74, 6) is 0.596. The minimum absolute atomic E-state index is 0.158. The fourth-order valence-electron chi connectivity index (χ4n) is 2.15. The summed E-state index contributed by atoms with van der Waals surface area (Å²) in [6.45, 7) is 9.73. The average Bonchev–Trinajstić information content (AvgIpc) is 2.14. The highest BCUT2D eigenvalue weighted by molar-refractivity contribution is 5.76. The lowest BCUT2D eigenvalue weighted by molar-refractivity contribution is -0.122. The van der Waals surface area contributed by atoms with Crippen molar-refractivity contribution in [2.24, 2.45) is 11.3 Å². The Balaban J connectivity index is 3.58. The first-order valence-electron chi connectivity index (χ1n) is 6.72. The van der Waals surface area contributed by atoms with Crippen LogP contribution in [0.15, 0.2) is 0 Å². The molecule has 0 bridgehead atoms. The van der Waals surface area contributed by atoms with Crippen molar-refractivity contribution >= 4 is 5.91 Å². The van der Waals surface area contributed by atoms with Crippen molar-refractivity contribution in [3.8, 4) is 0 Å². The molecule has 0 aliphatic carbocycles. The first-order valence-corrected chi connectivity index (χ1v) is 6.72. The highest BCUT2D eigenvalue weighted by atomic mass is 16.2. The molecule has 17 heavy (non-hydrogen) atoms. The van der Waals surface area contributed by atoms with Crippen molar-refractivity contribution in [1.29, 1.82) is 0 Å². The Bertz CT molecular complexity index is 209. The van der Waals surface area contributed by atoms with Crippen molar-refractivity contribution in [1.82, 2.24) is 5.32 Å². The van der Waals surface area contributed by atoms with Crippen molar-refractivity contribution in [2.75, 3.05) is 13.2 Å². The van der Waals surface area contributed by atoms with Gasteiger partial charge in [-0.25, -0.2) is 0 Å². The van der Waals surface area contributed by atoms with Crippen LogP contribution in [0.5, 0.6) is 0 Å². The van der Waals surface area contributed by atoms with E-state index in [0.717, 1.165) is 32.2 Å². The highest BCUT2D eigenvalue weighted by Gasteiger charge is 2.17. The third kappa shape index (κ3) is 11.7. The number of hydrogen-bond acceptors (Lipinski definition) is 2. The van der Waals surface area contributed by atoms with E-state index in [4.69, 9.17) is 5.11 Å². The Morgan fingerprint density at radius 2 is 1.88 bits per heavy atom. The van der Waals surface area contributed by atoms with Crippen LogP contribution >= 0.6 is 0 Å². The van der Waals surface area contributed by atoms with Gasteiger partial charge in [-0.2, -0.15) is 0 Å². The molecule has 0 spiro atoms. The molecular formula is C14H29NO2. The minimum Gasteiger partial charge on any atom is -0.396 e. The molecule has 0 aromatic carbocycles. The maximum Gasteiger partial charge on any atom is 0.220 e. The van der Waals surface area contributed by atoms with E-state index in [0.29, 0.717) is 17.8 Å². The van der Waals surface area contributed by atoms with E-state index in [-0.39, 0.29) is 12.5 Å². The van der Waals surface area contributed by atoms with Gasteiger partial charge in [0.2, 0.25) is 5.91 Å². The van der Waals surface area contributed by atoms with E-state index >= 15 is 0 Å². The summed E-state index contributed by atoms with van der Waals surface area (Å²) >= 11 is 0. The van der Waals surface area contributed by atoms with Crippen LogP contribution in [0.2, 0.25) is 0 Å². The molecule has 0 aromatic rings. The number of hydrogen-bond donors (Lipinski definition) is 2. The van der Waals surface area contributed by atoms with Crippen molar-refractivity contribution in [3.63, 3.8) is 0 Å². The minimum atomic E-state index is 0.158. The van der Waals surface area contributed by atoms with Gasteiger partial charge in [0.05, 0.1) is 0 Å². The van der Waals surface area contributed by atoms with E-state index in [1.807, 2.05) is 0 Å². The average molecular weight is 243 g/mol. The highest BCUT2D eigenvalue weighted by Crippen LogP contribution is 2.25. The zero-order chi connectivity index (χ0) is 13.3. The molecule has 3 nitrogen and oxygen atoms in total. The molecule has 0 saturated heterocycles. The molecule has 0 heterocycles. The summed E-state index contributed by atoms with van der Waals surface area (Å²) in [5.41, 5.74) is 0.292. The van der Waals surface area contributed by atoms with E-state index in [2.05, 4.69) is 33.0 Å². The SMILES string of the molecule is CC(CC(=O)NCCCCCO)CC(C)(C)C. The lowest BCUT2D eigenvalue weighted by Gasteiger charge is -2.22. The van der Waals surface area contributed by atoms with Gasteiger partial charge in [-0.05, 0) is 37.0 Å². The van der Waals surface area contributed by atoms with Crippen LogP contribution in [0.4, 0.5) is 0 Å². The molecular weight excluding hydrogens is 214 g/mol. The van der Waals surface area contributed by atoms with Gasteiger partial charge >= 0.3 is 0 Å². The van der Waals surface area contributed by atoms with Crippen molar-refractivity contribution < 1.29 is 9.90 Å². The predicted octanol–water partition coefficient (Wildman–Crippen LogP) is 2.73. The molecule has 1 amide bonds. The van der Waals surface area contributed by atoms with Crippen LogP contribution in [0.3, 0.4) is 0 Å². The zero-order valence-corrected chi connectivity index (χ0v) is 11.9. The van der Waals surface area contributed by atoms with Gasteiger partial charge in [0.15, 0.2) is 0 Å². The first kappa shape index (κ1) is 16.4. The van der Waals surface area contributed by atoms with E-state index in [9.17, 15) is 4.79 Å². The molecule has 3 heteroatoms. The van der Waals surface area contributed by atoms with Gasteiger partial charge in [-0.3, -0.25) is 4.79 Å². The lowest BCUT2D eigenvalue weighted by Crippen LogP contribution is -2.27. The smallest absolute Gasteiger partial charge is 0.220 e. The van der Waals surface area contributed by atoms with Crippen LogP contribution in [0, 0.1) is 11.3 Å². The molecule has 0 saturated carbocycles. The normalized spacial score (nSPS) is 13.5. The summed E-state index contributed by atoms with van der Waals surface area (Å²) in [7, 11) is 0. The number of nitrogens with one attached hydrogen (secondary N) is 1. The summed E-state index contributed by atoms with van der Waals surface area (Å²) in [4.78, 5) is 11.6. The second kappa shape index (κ2) is 8.51. The Kier molecular flexibility index (Phi) is 8.23. The molecule has 0 aromatic heterocycles. The summed E-state index contributed by atoms with van der Waals surface area (Å²) < 4.78 is 0. The Morgan fingerprint density at radius 3 is 2.41 bits per heavy atom. The van der Waals surface area contributed by atoms with Gasteiger partial charge < -0.3 is 10.4 Å². The zero-order valence-electron chi connectivity index (χ0n) is 11.9. The number of unbranched alkanes of at least 4 members (excludes halogenated alkanes) is 2. The second-order valence-corrected chi connectivity index (χ2v) is 6.21. The molecule has 0 aliphatic heterocycles. The number of carbonyl (C=O) groups is 1. The molecule has 1 unspecified atom stereocenters. The van der Waals surface area contributed by atoms with Crippen molar-refractivity contribution in [2.45, 2.75) is 59.8 Å². The van der Waals surface area contributed by atoms with Gasteiger partial charge in [-0.15, -0.1) is 0 Å². The third-order valence-corrected chi connectivity index (χ3v) is 2.65. The lowest BCUT2D eigenvalue weighted by atomic mass is 9.84. The van der Waals surface area contributed by atoms with Crippen molar-refractivity contribution in [3.05, 3.63) is 0 Å². The Morgan fingerprint density at radius 1 is 1.24 bits per heavy atom. The Labute approximate surface area is 106 Å².